The Balaban J connectivity index is 2.38. The summed E-state index contributed by atoms with van der Waals surface area (Å²) in [4.78, 5) is -0.442. The quantitative estimate of drug-likeness (QED) is 0.846. The fourth-order valence-corrected chi connectivity index (χ4v) is 2.83. The van der Waals surface area contributed by atoms with Crippen LogP contribution in [0, 0.1) is 11.6 Å². The molecule has 0 aliphatic heterocycles. The number of hydrogen-bond donors (Lipinski definition) is 2. The third-order valence-corrected chi connectivity index (χ3v) is 4.21. The molecule has 0 saturated heterocycles. The molecule has 0 heterocycles. The minimum atomic E-state index is -3.95. The maximum Gasteiger partial charge on any atom is 0.261 e. The lowest BCUT2D eigenvalue weighted by atomic mass is 10.2. The normalized spacial score (nSPS) is 11.1. The molecule has 0 unspecified atom stereocenters. The number of rotatable bonds is 4. The number of nitrogens with two attached hydrogens (primary N) is 1. The van der Waals surface area contributed by atoms with Crippen LogP contribution in [0.1, 0.15) is 5.56 Å². The summed E-state index contributed by atoms with van der Waals surface area (Å²) < 4.78 is 52.8. The van der Waals surface area contributed by atoms with E-state index >= 15 is 0 Å². The number of nitrogens with one attached hydrogen (secondary N) is 1. The van der Waals surface area contributed by atoms with Crippen molar-refractivity contribution in [2.75, 3.05) is 4.72 Å². The molecule has 0 aliphatic rings. The lowest BCUT2D eigenvalue weighted by Gasteiger charge is -2.09. The van der Waals surface area contributed by atoms with E-state index < -0.39 is 21.7 Å². The third-order valence-electron chi connectivity index (χ3n) is 2.61. The van der Waals surface area contributed by atoms with Gasteiger partial charge in [-0.05, 0) is 42.5 Å². The molecule has 0 bridgehead atoms. The Hall–Kier alpha value is -2.06. The van der Waals surface area contributed by atoms with Crippen LogP contribution in [0.2, 0.25) is 0 Å². The summed E-state index contributed by atoms with van der Waals surface area (Å²) in [6.07, 6.45) is 0. The molecule has 110 valence electrons. The smallest absolute Gasteiger partial charge is 0.261 e. The lowest BCUT2D eigenvalue weighted by Crippen LogP contribution is -2.16. The van der Waals surface area contributed by atoms with E-state index in [1.807, 2.05) is 0 Å². The number of halogens is 2. The molecule has 4 nitrogen and oxygen atoms in total. The number of thiocarbonyl (C=S) groups is 1. The first-order chi connectivity index (χ1) is 9.79. The van der Waals surface area contributed by atoms with Crippen LogP contribution in [0.3, 0.4) is 0 Å². The molecule has 2 aromatic rings. The Morgan fingerprint density at radius 2 is 1.71 bits per heavy atom. The molecule has 3 N–H and O–H groups in total. The first-order valence-electron chi connectivity index (χ1n) is 5.67. The first-order valence-corrected chi connectivity index (χ1v) is 7.56. The summed E-state index contributed by atoms with van der Waals surface area (Å²) >= 11 is 4.66. The van der Waals surface area contributed by atoms with Gasteiger partial charge in [-0.1, -0.05) is 12.2 Å². The van der Waals surface area contributed by atoms with Crippen molar-refractivity contribution in [3.8, 4) is 0 Å². The lowest BCUT2D eigenvalue weighted by molar-refractivity contribution is 0.599. The monoisotopic (exact) mass is 328 g/mol. The van der Waals surface area contributed by atoms with Gasteiger partial charge in [-0.15, -0.1) is 0 Å². The van der Waals surface area contributed by atoms with E-state index in [0.717, 1.165) is 30.3 Å². The fraction of sp³-hybridized carbons (Fsp3) is 0. The predicted molar refractivity (Wildman–Crippen MR) is 79.5 cm³/mol. The molecule has 0 spiro atoms. The molecule has 0 radical (unpaired) electrons. The molecular weight excluding hydrogens is 318 g/mol. The minimum absolute atomic E-state index is 0.160. The Morgan fingerprint density at radius 3 is 2.29 bits per heavy atom. The van der Waals surface area contributed by atoms with Gasteiger partial charge in [0.25, 0.3) is 10.0 Å². The zero-order valence-corrected chi connectivity index (χ0v) is 12.1. The standard InChI is InChI=1S/C13H10F2N2O2S2/c14-8-1-3-9(4-2-8)17-21(18,19)10-5-6-12(15)11(7-10)13(16)20/h1-7,17H,(H2,16,20). The van der Waals surface area contributed by atoms with Gasteiger partial charge in [-0.2, -0.15) is 0 Å². The van der Waals surface area contributed by atoms with Crippen molar-refractivity contribution in [1.82, 2.24) is 0 Å². The second-order valence-electron chi connectivity index (χ2n) is 4.12. The van der Waals surface area contributed by atoms with Gasteiger partial charge in [0.05, 0.1) is 4.90 Å². The SMILES string of the molecule is NC(=S)c1cc(S(=O)(=O)Nc2ccc(F)cc2)ccc1F. The van der Waals surface area contributed by atoms with E-state index in [2.05, 4.69) is 16.9 Å². The molecule has 0 fully saturated rings. The average Bonchev–Trinajstić information content (AvgIpc) is 2.41. The van der Waals surface area contributed by atoms with Crippen molar-refractivity contribution >= 4 is 32.9 Å². The molecule has 8 heteroatoms. The highest BCUT2D eigenvalue weighted by atomic mass is 32.2. The number of anilines is 1. The number of benzene rings is 2. The number of hydrogen-bond acceptors (Lipinski definition) is 3. The largest absolute Gasteiger partial charge is 0.389 e. The van der Waals surface area contributed by atoms with Crippen molar-refractivity contribution in [1.29, 1.82) is 0 Å². The summed E-state index contributed by atoms with van der Waals surface area (Å²) in [5.74, 6) is -1.20. The fourth-order valence-electron chi connectivity index (χ4n) is 1.59. The first kappa shape index (κ1) is 15.3. The molecule has 2 rings (SSSR count). The molecule has 0 aromatic heterocycles. The maximum atomic E-state index is 13.5. The highest BCUT2D eigenvalue weighted by molar-refractivity contribution is 7.92. The Bertz CT molecular complexity index is 790. The molecule has 21 heavy (non-hydrogen) atoms. The van der Waals surface area contributed by atoms with E-state index in [-0.39, 0.29) is 21.1 Å². The van der Waals surface area contributed by atoms with Crippen LogP contribution in [0.5, 0.6) is 0 Å². The molecule has 0 amide bonds. The van der Waals surface area contributed by atoms with Gasteiger partial charge in [0.15, 0.2) is 0 Å². The topological polar surface area (TPSA) is 72.2 Å². The van der Waals surface area contributed by atoms with Crippen LogP contribution in [-0.2, 0) is 10.0 Å². The van der Waals surface area contributed by atoms with Crippen molar-refractivity contribution in [3.63, 3.8) is 0 Å². The van der Waals surface area contributed by atoms with Gasteiger partial charge in [0, 0.05) is 11.3 Å². The maximum absolute atomic E-state index is 13.5. The summed E-state index contributed by atoms with van der Waals surface area (Å²) in [6.45, 7) is 0. The molecule has 0 saturated carbocycles. The molecule has 2 aromatic carbocycles. The van der Waals surface area contributed by atoms with Crippen LogP contribution in [0.4, 0.5) is 14.5 Å². The minimum Gasteiger partial charge on any atom is -0.389 e. The molecule has 0 atom stereocenters. The number of sulfonamides is 1. The van der Waals surface area contributed by atoms with E-state index in [4.69, 9.17) is 5.73 Å². The van der Waals surface area contributed by atoms with Crippen LogP contribution in [-0.4, -0.2) is 13.4 Å². The van der Waals surface area contributed by atoms with Crippen molar-refractivity contribution in [2.24, 2.45) is 5.73 Å². The van der Waals surface area contributed by atoms with Gasteiger partial charge < -0.3 is 5.73 Å². The van der Waals surface area contributed by atoms with E-state index in [0.29, 0.717) is 0 Å². The zero-order valence-electron chi connectivity index (χ0n) is 10.5. The van der Waals surface area contributed by atoms with Gasteiger partial charge in [0.2, 0.25) is 0 Å². The van der Waals surface area contributed by atoms with Crippen molar-refractivity contribution in [3.05, 3.63) is 59.7 Å². The Morgan fingerprint density at radius 1 is 1.10 bits per heavy atom. The predicted octanol–water partition coefficient (Wildman–Crippen LogP) is 2.40. The van der Waals surface area contributed by atoms with Crippen LogP contribution >= 0.6 is 12.2 Å². The highest BCUT2D eigenvalue weighted by Gasteiger charge is 2.17. The van der Waals surface area contributed by atoms with E-state index in [1.54, 1.807) is 0 Å². The van der Waals surface area contributed by atoms with Crippen LogP contribution < -0.4 is 10.5 Å². The van der Waals surface area contributed by atoms with Crippen molar-refractivity contribution in [2.45, 2.75) is 4.90 Å². The van der Waals surface area contributed by atoms with Crippen molar-refractivity contribution < 1.29 is 17.2 Å². The molecular formula is C13H10F2N2O2S2. The Kier molecular flexibility index (Phi) is 4.19. The summed E-state index contributed by atoms with van der Waals surface area (Å²) in [5.41, 5.74) is 5.35. The average molecular weight is 328 g/mol. The van der Waals surface area contributed by atoms with Crippen LogP contribution in [0.25, 0.3) is 0 Å². The molecule has 0 aliphatic carbocycles. The van der Waals surface area contributed by atoms with E-state index in [1.165, 1.54) is 12.1 Å². The van der Waals surface area contributed by atoms with Gasteiger partial charge >= 0.3 is 0 Å². The zero-order chi connectivity index (χ0) is 15.6. The third kappa shape index (κ3) is 3.53. The second-order valence-corrected chi connectivity index (χ2v) is 6.24. The summed E-state index contributed by atoms with van der Waals surface area (Å²) in [6, 6.07) is 7.86. The van der Waals surface area contributed by atoms with Crippen LogP contribution in [0.15, 0.2) is 47.4 Å². The van der Waals surface area contributed by atoms with Gasteiger partial charge in [0.1, 0.15) is 16.6 Å². The summed E-state index contributed by atoms with van der Waals surface area (Å²) in [7, 11) is -3.95. The Labute approximate surface area is 125 Å². The van der Waals surface area contributed by atoms with E-state index in [9.17, 15) is 17.2 Å². The summed E-state index contributed by atoms with van der Waals surface area (Å²) in [5, 5.41) is 0. The second kappa shape index (κ2) is 5.74. The highest BCUT2D eigenvalue weighted by Crippen LogP contribution is 2.19. The van der Waals surface area contributed by atoms with Gasteiger partial charge in [-0.3, -0.25) is 4.72 Å². The van der Waals surface area contributed by atoms with Gasteiger partial charge in [-0.25, -0.2) is 17.2 Å².